The molecule has 0 aliphatic carbocycles. The molecular weight excluding hydrogens is 423 g/mol. The van der Waals surface area contributed by atoms with Crippen molar-refractivity contribution < 1.29 is 9.59 Å². The van der Waals surface area contributed by atoms with E-state index in [9.17, 15) is 9.59 Å². The number of piperidine rings is 1. The van der Waals surface area contributed by atoms with Gasteiger partial charge in [-0.15, -0.1) is 0 Å². The second-order valence-electron chi connectivity index (χ2n) is 8.43. The van der Waals surface area contributed by atoms with Gasteiger partial charge in [0.15, 0.2) is 0 Å². The van der Waals surface area contributed by atoms with Crippen molar-refractivity contribution in [3.63, 3.8) is 0 Å². The van der Waals surface area contributed by atoms with E-state index in [1.54, 1.807) is 30.1 Å². The van der Waals surface area contributed by atoms with E-state index in [0.717, 1.165) is 25.2 Å². The first kappa shape index (κ1) is 21.5. The SMILES string of the molecule is CC1CCCCN1CCCN1CC2=C(C1=O)C(c1ccc(Cl)cc1Cl)NC(=O)N2C. The molecule has 2 unspecified atom stereocenters. The number of carbonyl (C=O) groups is 2. The van der Waals surface area contributed by atoms with Gasteiger partial charge in [-0.2, -0.15) is 0 Å². The third-order valence-corrected chi connectivity index (χ3v) is 7.09. The van der Waals surface area contributed by atoms with E-state index in [2.05, 4.69) is 17.1 Å². The number of likely N-dealkylation sites (N-methyl/N-ethyl adjacent to an activating group) is 1. The lowest BCUT2D eigenvalue weighted by Crippen LogP contribution is -2.45. The van der Waals surface area contributed by atoms with Gasteiger partial charge in [-0.1, -0.05) is 35.7 Å². The van der Waals surface area contributed by atoms with Gasteiger partial charge in [-0.05, 0) is 50.4 Å². The van der Waals surface area contributed by atoms with Gasteiger partial charge in [0.1, 0.15) is 0 Å². The summed E-state index contributed by atoms with van der Waals surface area (Å²) in [5.74, 6) is -0.0282. The lowest BCUT2D eigenvalue weighted by atomic mass is 9.95. The van der Waals surface area contributed by atoms with Crippen molar-refractivity contribution in [2.24, 2.45) is 0 Å². The molecule has 0 saturated carbocycles. The molecular formula is C22H28Cl2N4O2. The van der Waals surface area contributed by atoms with Gasteiger partial charge >= 0.3 is 6.03 Å². The topological polar surface area (TPSA) is 55.9 Å². The molecule has 0 radical (unpaired) electrons. The molecule has 2 atom stereocenters. The number of halogens is 2. The van der Waals surface area contributed by atoms with Crippen LogP contribution in [0.15, 0.2) is 29.5 Å². The second-order valence-corrected chi connectivity index (χ2v) is 9.27. The monoisotopic (exact) mass is 450 g/mol. The number of amides is 3. The fourth-order valence-corrected chi connectivity index (χ4v) is 5.24. The number of nitrogens with zero attached hydrogens (tertiary/aromatic N) is 3. The standard InChI is InChI=1S/C22H28Cl2N4O2/c1-14-6-3-4-9-27(14)10-5-11-28-13-18-19(21(28)29)20(25-22(30)26(18)2)16-8-7-15(23)12-17(16)24/h7-8,12,14,20H,3-6,9-11,13H2,1-2H3,(H,25,30). The molecule has 1 saturated heterocycles. The van der Waals surface area contributed by atoms with Crippen LogP contribution in [0.3, 0.4) is 0 Å². The number of hydrogen-bond donors (Lipinski definition) is 1. The zero-order chi connectivity index (χ0) is 21.4. The van der Waals surface area contributed by atoms with Gasteiger partial charge in [-0.25, -0.2) is 4.79 Å². The third kappa shape index (κ3) is 4.05. The highest BCUT2D eigenvalue weighted by Crippen LogP contribution is 2.38. The minimum absolute atomic E-state index is 0.0282. The first-order valence-corrected chi connectivity index (χ1v) is 11.4. The lowest BCUT2D eigenvalue weighted by Gasteiger charge is -2.33. The molecule has 0 spiro atoms. The van der Waals surface area contributed by atoms with Gasteiger partial charge in [0.05, 0.1) is 23.9 Å². The summed E-state index contributed by atoms with van der Waals surface area (Å²) in [7, 11) is 1.70. The van der Waals surface area contributed by atoms with E-state index < -0.39 is 6.04 Å². The molecule has 3 aliphatic rings. The Kier molecular flexibility index (Phi) is 6.28. The van der Waals surface area contributed by atoms with E-state index >= 15 is 0 Å². The number of rotatable bonds is 5. The number of nitrogens with one attached hydrogen (secondary N) is 1. The maximum Gasteiger partial charge on any atom is 0.322 e. The molecule has 3 aliphatic heterocycles. The van der Waals surface area contributed by atoms with Crippen molar-refractivity contribution >= 4 is 35.1 Å². The van der Waals surface area contributed by atoms with Crippen molar-refractivity contribution in [2.45, 2.75) is 44.7 Å². The minimum atomic E-state index is -0.562. The lowest BCUT2D eigenvalue weighted by molar-refractivity contribution is -0.125. The summed E-state index contributed by atoms with van der Waals surface area (Å²) in [6.07, 6.45) is 4.74. The van der Waals surface area contributed by atoms with E-state index in [1.165, 1.54) is 19.3 Å². The fourth-order valence-electron chi connectivity index (χ4n) is 4.73. The molecule has 1 fully saturated rings. The Bertz CT molecular complexity index is 888. The maximum absolute atomic E-state index is 13.3. The molecule has 3 amide bonds. The Morgan fingerprint density at radius 2 is 1.97 bits per heavy atom. The van der Waals surface area contributed by atoms with Crippen LogP contribution in [-0.4, -0.2) is 65.9 Å². The molecule has 162 valence electrons. The van der Waals surface area contributed by atoms with Crippen molar-refractivity contribution in [2.75, 3.05) is 33.2 Å². The number of urea groups is 1. The number of carbonyl (C=O) groups excluding carboxylic acids is 2. The van der Waals surface area contributed by atoms with E-state index in [-0.39, 0.29) is 11.9 Å². The average Bonchev–Trinajstić information content (AvgIpc) is 3.03. The van der Waals surface area contributed by atoms with Gasteiger partial charge < -0.3 is 15.1 Å². The van der Waals surface area contributed by atoms with E-state index in [0.29, 0.717) is 40.3 Å². The van der Waals surface area contributed by atoms with Crippen LogP contribution in [0.5, 0.6) is 0 Å². The Hall–Kier alpha value is -1.76. The van der Waals surface area contributed by atoms with Crippen molar-refractivity contribution in [1.29, 1.82) is 0 Å². The van der Waals surface area contributed by atoms with Gasteiger partial charge in [0.25, 0.3) is 5.91 Å². The summed E-state index contributed by atoms with van der Waals surface area (Å²) in [6.45, 7) is 5.55. The van der Waals surface area contributed by atoms with E-state index in [4.69, 9.17) is 23.2 Å². The molecule has 1 N–H and O–H groups in total. The molecule has 30 heavy (non-hydrogen) atoms. The predicted molar refractivity (Wildman–Crippen MR) is 119 cm³/mol. The summed E-state index contributed by atoms with van der Waals surface area (Å²) >= 11 is 12.4. The largest absolute Gasteiger partial charge is 0.333 e. The van der Waals surface area contributed by atoms with Crippen molar-refractivity contribution in [1.82, 2.24) is 20.0 Å². The van der Waals surface area contributed by atoms with Crippen molar-refractivity contribution in [3.05, 3.63) is 45.1 Å². The van der Waals surface area contributed by atoms with Gasteiger partial charge in [0.2, 0.25) is 0 Å². The molecule has 0 aromatic heterocycles. The average molecular weight is 451 g/mol. The van der Waals surface area contributed by atoms with E-state index in [1.807, 2.05) is 4.90 Å². The highest BCUT2D eigenvalue weighted by atomic mass is 35.5. The zero-order valence-electron chi connectivity index (χ0n) is 17.5. The normalized spacial score (nSPS) is 25.1. The number of likely N-dealkylation sites (tertiary alicyclic amines) is 1. The number of benzene rings is 1. The Morgan fingerprint density at radius 3 is 2.70 bits per heavy atom. The van der Waals surface area contributed by atoms with Crippen LogP contribution in [0.2, 0.25) is 10.0 Å². The molecule has 8 heteroatoms. The molecule has 0 bridgehead atoms. The zero-order valence-corrected chi connectivity index (χ0v) is 19.0. The van der Waals surface area contributed by atoms with Crippen LogP contribution in [0.1, 0.15) is 44.2 Å². The Labute approximate surface area is 187 Å². The maximum atomic E-state index is 13.3. The van der Waals surface area contributed by atoms with Crippen LogP contribution in [0.25, 0.3) is 0 Å². The van der Waals surface area contributed by atoms with Crippen LogP contribution >= 0.6 is 23.2 Å². The quantitative estimate of drug-likeness (QED) is 0.735. The molecule has 3 heterocycles. The third-order valence-electron chi connectivity index (χ3n) is 6.52. The van der Waals surface area contributed by atoms with Crippen LogP contribution in [0, 0.1) is 0 Å². The van der Waals surface area contributed by atoms with Gasteiger partial charge in [-0.3, -0.25) is 9.69 Å². The highest BCUT2D eigenvalue weighted by Gasteiger charge is 2.43. The Balaban J connectivity index is 1.49. The number of hydrogen-bond acceptors (Lipinski definition) is 3. The van der Waals surface area contributed by atoms with Crippen LogP contribution in [-0.2, 0) is 4.79 Å². The summed E-state index contributed by atoms with van der Waals surface area (Å²) in [5, 5.41) is 3.88. The molecule has 1 aromatic rings. The molecule has 4 rings (SSSR count). The summed E-state index contributed by atoms with van der Waals surface area (Å²) in [6, 6.07) is 4.96. The minimum Gasteiger partial charge on any atom is -0.333 e. The summed E-state index contributed by atoms with van der Waals surface area (Å²) in [5.41, 5.74) is 2.05. The predicted octanol–water partition coefficient (Wildman–Crippen LogP) is 4.05. The first-order valence-electron chi connectivity index (χ1n) is 10.6. The summed E-state index contributed by atoms with van der Waals surface area (Å²) < 4.78 is 0. The van der Waals surface area contributed by atoms with Gasteiger partial charge in [0, 0.05) is 36.2 Å². The fraction of sp³-hybridized carbons (Fsp3) is 0.545. The second kappa shape index (κ2) is 8.77. The van der Waals surface area contributed by atoms with Crippen molar-refractivity contribution in [3.8, 4) is 0 Å². The van der Waals surface area contributed by atoms with Crippen LogP contribution < -0.4 is 5.32 Å². The summed E-state index contributed by atoms with van der Waals surface area (Å²) in [4.78, 5) is 31.8. The smallest absolute Gasteiger partial charge is 0.322 e. The molecule has 1 aromatic carbocycles. The Morgan fingerprint density at radius 1 is 1.17 bits per heavy atom. The van der Waals surface area contributed by atoms with Crippen LogP contribution in [0.4, 0.5) is 4.79 Å². The first-order chi connectivity index (χ1) is 14.4. The molecule has 6 nitrogen and oxygen atoms in total. The highest BCUT2D eigenvalue weighted by molar-refractivity contribution is 6.35.